The average molecular weight is 415 g/mol. The second-order valence-electron chi connectivity index (χ2n) is 7.69. The first kappa shape index (κ1) is 21.4. The van der Waals surface area contributed by atoms with Gasteiger partial charge >= 0.3 is 0 Å². The van der Waals surface area contributed by atoms with Crippen molar-refractivity contribution in [3.05, 3.63) is 121 Å². The van der Waals surface area contributed by atoms with Crippen LogP contribution in [0.25, 0.3) is 0 Å². The van der Waals surface area contributed by atoms with Gasteiger partial charge in [0.05, 0.1) is 25.3 Å². The van der Waals surface area contributed by atoms with Crippen molar-refractivity contribution in [1.29, 1.82) is 0 Å². The molecule has 0 fully saturated rings. The molecule has 146 valence electrons. The first-order chi connectivity index (χ1) is 14.1. The van der Waals surface area contributed by atoms with Gasteiger partial charge in [0.25, 0.3) is 0 Å². The van der Waals surface area contributed by atoms with E-state index in [4.69, 9.17) is 0 Å². The zero-order valence-corrected chi connectivity index (χ0v) is 19.2. The van der Waals surface area contributed by atoms with E-state index >= 15 is 0 Å². The summed E-state index contributed by atoms with van der Waals surface area (Å²) in [7, 11) is -1.21. The fourth-order valence-corrected chi connectivity index (χ4v) is 6.43. The summed E-state index contributed by atoms with van der Waals surface area (Å²) in [4.78, 5) is 0. The van der Waals surface area contributed by atoms with Crippen LogP contribution < -0.4 is 21.2 Å². The molecule has 0 saturated carbocycles. The van der Waals surface area contributed by atoms with Crippen LogP contribution in [0.15, 0.2) is 121 Å². The molecule has 0 unspecified atom stereocenters. The molecule has 0 N–H and O–H groups in total. The SMILES string of the molecule is C[P+](C)(C)c1ccccc1.c1ccc(P(c2ccccc2)c2ccccc2)cc1. The van der Waals surface area contributed by atoms with Gasteiger partial charge in [-0.3, -0.25) is 0 Å². The van der Waals surface area contributed by atoms with E-state index in [1.54, 1.807) is 0 Å². The Balaban J connectivity index is 0.000000204. The quantitative estimate of drug-likeness (QED) is 0.377. The molecule has 0 atom stereocenters. The van der Waals surface area contributed by atoms with E-state index in [1.165, 1.54) is 21.2 Å². The Kier molecular flexibility index (Phi) is 7.76. The number of hydrogen-bond acceptors (Lipinski definition) is 0. The Bertz CT molecular complexity index is 867. The zero-order chi connectivity index (χ0) is 20.5. The van der Waals surface area contributed by atoms with Gasteiger partial charge in [-0.15, -0.1) is 0 Å². The summed E-state index contributed by atoms with van der Waals surface area (Å²) in [5, 5.41) is 5.70. The maximum Gasteiger partial charge on any atom is 0.0930 e. The lowest BCUT2D eigenvalue weighted by Gasteiger charge is -2.18. The van der Waals surface area contributed by atoms with E-state index in [2.05, 4.69) is 141 Å². The molecule has 4 aromatic rings. The van der Waals surface area contributed by atoms with Crippen molar-refractivity contribution >= 4 is 36.4 Å². The number of hydrogen-bond donors (Lipinski definition) is 0. The fourth-order valence-electron chi connectivity index (χ4n) is 3.05. The smallest absolute Gasteiger partial charge is 0.0622 e. The van der Waals surface area contributed by atoms with Crippen molar-refractivity contribution in [1.82, 2.24) is 0 Å². The molecule has 0 aliphatic carbocycles. The topological polar surface area (TPSA) is 0 Å². The predicted octanol–water partition coefficient (Wildman–Crippen LogP) is 5.66. The Labute approximate surface area is 177 Å². The van der Waals surface area contributed by atoms with Gasteiger partial charge in [0, 0.05) is 7.26 Å². The van der Waals surface area contributed by atoms with E-state index in [9.17, 15) is 0 Å². The highest BCUT2D eigenvalue weighted by Crippen LogP contribution is 2.44. The van der Waals surface area contributed by atoms with E-state index in [1.807, 2.05) is 0 Å². The van der Waals surface area contributed by atoms with E-state index in [0.717, 1.165) is 0 Å². The fraction of sp³-hybridized carbons (Fsp3) is 0.111. The highest BCUT2D eigenvalue weighted by Gasteiger charge is 2.19. The van der Waals surface area contributed by atoms with Gasteiger partial charge in [0.1, 0.15) is 0 Å². The summed E-state index contributed by atoms with van der Waals surface area (Å²) >= 11 is 0. The second kappa shape index (κ2) is 10.5. The van der Waals surface area contributed by atoms with Gasteiger partial charge in [0.15, 0.2) is 0 Å². The van der Waals surface area contributed by atoms with Crippen LogP contribution in [0.4, 0.5) is 0 Å². The molecule has 0 aliphatic heterocycles. The first-order valence-electron chi connectivity index (χ1n) is 9.88. The van der Waals surface area contributed by atoms with Gasteiger partial charge in [0.2, 0.25) is 0 Å². The molecule has 0 nitrogen and oxygen atoms in total. The molecule has 2 heteroatoms. The molecule has 0 aliphatic rings. The standard InChI is InChI=1S/C18H15P.C9H14P/c1-4-10-16(11-5-1)19(17-12-6-2-7-13-17)18-14-8-3-9-15-18;1-10(2,3)9-7-5-4-6-8-9/h1-15H;4-8H,1-3H3/q;+1. The Hall–Kier alpha value is -2.26. The van der Waals surface area contributed by atoms with Crippen molar-refractivity contribution in [3.8, 4) is 0 Å². The van der Waals surface area contributed by atoms with Crippen molar-refractivity contribution in [3.63, 3.8) is 0 Å². The minimum Gasteiger partial charge on any atom is -0.0622 e. The summed E-state index contributed by atoms with van der Waals surface area (Å²) < 4.78 is 0. The zero-order valence-electron chi connectivity index (χ0n) is 17.4. The van der Waals surface area contributed by atoms with Crippen LogP contribution in [0.2, 0.25) is 0 Å². The van der Waals surface area contributed by atoms with Gasteiger partial charge in [-0.25, -0.2) is 0 Å². The molecule has 29 heavy (non-hydrogen) atoms. The maximum absolute atomic E-state index is 2.34. The summed E-state index contributed by atoms with van der Waals surface area (Å²) in [6, 6.07) is 43.0. The molecule has 4 aromatic carbocycles. The van der Waals surface area contributed by atoms with Crippen molar-refractivity contribution < 1.29 is 0 Å². The first-order valence-corrected chi connectivity index (χ1v) is 14.4. The Morgan fingerprint density at radius 3 is 0.931 bits per heavy atom. The maximum atomic E-state index is 2.34. The third kappa shape index (κ3) is 6.37. The monoisotopic (exact) mass is 415 g/mol. The van der Waals surface area contributed by atoms with Crippen molar-refractivity contribution in [2.75, 3.05) is 20.0 Å². The molecule has 0 saturated heterocycles. The lowest BCUT2D eigenvalue weighted by molar-refractivity contribution is 1.74. The normalized spacial score (nSPS) is 10.9. The van der Waals surface area contributed by atoms with Crippen LogP contribution in [-0.2, 0) is 0 Å². The molecule has 4 rings (SSSR count). The minimum atomic E-state index is -0.768. The average Bonchev–Trinajstić information content (AvgIpc) is 2.77. The number of rotatable bonds is 4. The van der Waals surface area contributed by atoms with Gasteiger partial charge in [-0.1, -0.05) is 109 Å². The molecule has 0 aromatic heterocycles. The number of benzene rings is 4. The van der Waals surface area contributed by atoms with Crippen LogP contribution in [0.5, 0.6) is 0 Å². The van der Waals surface area contributed by atoms with Crippen LogP contribution in [-0.4, -0.2) is 20.0 Å². The summed E-state index contributed by atoms with van der Waals surface area (Å²) in [5.74, 6) is 0. The summed E-state index contributed by atoms with van der Waals surface area (Å²) in [5.41, 5.74) is 0. The summed E-state index contributed by atoms with van der Waals surface area (Å²) in [6.07, 6.45) is 0. The lowest BCUT2D eigenvalue weighted by Crippen LogP contribution is -2.20. The molecule has 0 heterocycles. The molecule has 0 spiro atoms. The van der Waals surface area contributed by atoms with Gasteiger partial charge in [-0.2, -0.15) is 0 Å². The van der Waals surface area contributed by atoms with Crippen LogP contribution in [0, 0.1) is 0 Å². The molecular weight excluding hydrogens is 386 g/mol. The summed E-state index contributed by atoms with van der Waals surface area (Å²) in [6.45, 7) is 7.01. The largest absolute Gasteiger partial charge is 0.0930 e. The van der Waals surface area contributed by atoms with E-state index in [0.29, 0.717) is 0 Å². The third-order valence-corrected chi connectivity index (χ3v) is 8.86. The van der Waals surface area contributed by atoms with Crippen LogP contribution >= 0.6 is 15.2 Å². The second-order valence-corrected chi connectivity index (χ2v) is 14.5. The van der Waals surface area contributed by atoms with E-state index < -0.39 is 15.2 Å². The molecule has 0 radical (unpaired) electrons. The highest BCUT2D eigenvalue weighted by molar-refractivity contribution is 7.81. The Morgan fingerprint density at radius 2 is 0.690 bits per heavy atom. The molecular formula is C27H29P2+. The van der Waals surface area contributed by atoms with Crippen LogP contribution in [0.3, 0.4) is 0 Å². The van der Waals surface area contributed by atoms with Crippen molar-refractivity contribution in [2.24, 2.45) is 0 Å². The Morgan fingerprint density at radius 1 is 0.414 bits per heavy atom. The van der Waals surface area contributed by atoms with Crippen molar-refractivity contribution in [2.45, 2.75) is 0 Å². The molecule has 0 amide bonds. The highest BCUT2D eigenvalue weighted by atomic mass is 31.2. The van der Waals surface area contributed by atoms with Gasteiger partial charge in [-0.05, 0) is 36.0 Å². The third-order valence-electron chi connectivity index (χ3n) is 4.57. The van der Waals surface area contributed by atoms with Crippen LogP contribution in [0.1, 0.15) is 0 Å². The minimum absolute atomic E-state index is 0.446. The lowest BCUT2D eigenvalue weighted by atomic mass is 10.4. The molecule has 0 bridgehead atoms. The van der Waals surface area contributed by atoms with Gasteiger partial charge < -0.3 is 0 Å². The predicted molar refractivity (Wildman–Crippen MR) is 136 cm³/mol. The van der Waals surface area contributed by atoms with E-state index in [-0.39, 0.29) is 0 Å².